The van der Waals surface area contributed by atoms with Crippen LogP contribution in [0.4, 0.5) is 17.5 Å². The summed E-state index contributed by atoms with van der Waals surface area (Å²) >= 11 is 6.06. The second-order valence-electron chi connectivity index (χ2n) is 7.28. The van der Waals surface area contributed by atoms with Crippen molar-refractivity contribution in [1.29, 1.82) is 0 Å². The van der Waals surface area contributed by atoms with Gasteiger partial charge in [0.25, 0.3) is 0 Å². The molecule has 2 atom stereocenters. The van der Waals surface area contributed by atoms with E-state index in [2.05, 4.69) is 26.2 Å². The number of hydrogen-bond acceptors (Lipinski definition) is 8. The van der Waals surface area contributed by atoms with Gasteiger partial charge in [-0.1, -0.05) is 11.6 Å². The molecular weight excluding hydrogens is 400 g/mol. The molecule has 4 rings (SSSR count). The first-order valence-electron chi connectivity index (χ1n) is 9.20. The summed E-state index contributed by atoms with van der Waals surface area (Å²) in [5.41, 5.74) is 6.48. The molecule has 0 aromatic carbocycles. The van der Waals surface area contributed by atoms with E-state index in [1.54, 1.807) is 24.5 Å². The minimum Gasteiger partial charge on any atom is -0.384 e. The predicted molar refractivity (Wildman–Crippen MR) is 111 cm³/mol. The Bertz CT molecular complexity index is 999. The second-order valence-corrected chi connectivity index (χ2v) is 10.2. The maximum atomic E-state index is 12.9. The molecule has 2 aromatic rings. The number of hydrogen-bond donors (Lipinski definition) is 1. The van der Waals surface area contributed by atoms with E-state index in [9.17, 15) is 4.21 Å². The average Bonchev–Trinajstić information content (AvgIpc) is 3.46. The highest BCUT2D eigenvalue weighted by Gasteiger charge is 2.31. The van der Waals surface area contributed by atoms with E-state index in [4.69, 9.17) is 27.1 Å². The third-order valence-electron chi connectivity index (χ3n) is 4.85. The lowest BCUT2D eigenvalue weighted by Gasteiger charge is -2.34. The molecule has 150 valence electrons. The smallest absolute Gasteiger partial charge is 0.167 e. The molecule has 1 saturated carbocycles. The SMILES string of the molecule is C[C@@H]1COCCN1c1cc(N=S(C)(=O)C2CC2)nc(-c2cc(N)nc(Cl)c2)n1. The Kier molecular flexibility index (Phi) is 5.15. The lowest BCUT2D eigenvalue weighted by Crippen LogP contribution is -2.44. The highest BCUT2D eigenvalue weighted by atomic mass is 35.5. The second kappa shape index (κ2) is 7.46. The van der Waals surface area contributed by atoms with Gasteiger partial charge in [0, 0.05) is 29.7 Å². The highest BCUT2D eigenvalue weighted by molar-refractivity contribution is 7.93. The number of ether oxygens (including phenoxy) is 1. The fourth-order valence-corrected chi connectivity index (χ4v) is 5.06. The standard InChI is InChI=1S/C18H23ClN6O2S/c1-11-10-27-6-5-25(11)17-9-16(24-28(2,26)13-3-4-13)22-18(23-17)12-7-14(19)21-15(20)8-12/h7-9,11,13H,3-6,10H2,1-2H3,(H2,20,21)/t11-,28?/m1/s1. The maximum absolute atomic E-state index is 12.9. The third-order valence-corrected chi connectivity index (χ3v) is 7.30. The molecule has 0 spiro atoms. The summed E-state index contributed by atoms with van der Waals surface area (Å²) in [6.45, 7) is 4.02. The van der Waals surface area contributed by atoms with Crippen molar-refractivity contribution in [2.45, 2.75) is 31.1 Å². The predicted octanol–water partition coefficient (Wildman–Crippen LogP) is 2.89. The van der Waals surface area contributed by atoms with E-state index in [1.165, 1.54) is 0 Å². The number of pyridine rings is 1. The first-order chi connectivity index (χ1) is 13.3. The molecule has 10 heteroatoms. The first-order valence-corrected chi connectivity index (χ1v) is 11.6. The van der Waals surface area contributed by atoms with Crippen LogP contribution in [-0.2, 0) is 14.5 Å². The van der Waals surface area contributed by atoms with Crippen molar-refractivity contribution < 1.29 is 8.95 Å². The van der Waals surface area contributed by atoms with Crippen molar-refractivity contribution in [2.24, 2.45) is 4.36 Å². The number of halogens is 1. The van der Waals surface area contributed by atoms with E-state index < -0.39 is 9.73 Å². The zero-order chi connectivity index (χ0) is 19.9. The fraction of sp³-hybridized carbons (Fsp3) is 0.500. The van der Waals surface area contributed by atoms with E-state index in [0.29, 0.717) is 37.0 Å². The molecule has 0 radical (unpaired) electrons. The molecule has 1 aliphatic heterocycles. The Morgan fingerprint density at radius 2 is 2.07 bits per heavy atom. The summed E-state index contributed by atoms with van der Waals surface area (Å²) in [5.74, 6) is 1.84. The Hall–Kier alpha value is -1.97. The van der Waals surface area contributed by atoms with Crippen LogP contribution in [0.2, 0.25) is 5.15 Å². The summed E-state index contributed by atoms with van der Waals surface area (Å²) in [6.07, 6.45) is 3.59. The van der Waals surface area contributed by atoms with Gasteiger partial charge in [0.1, 0.15) is 16.8 Å². The van der Waals surface area contributed by atoms with Crippen molar-refractivity contribution in [3.05, 3.63) is 23.4 Å². The maximum Gasteiger partial charge on any atom is 0.167 e. The van der Waals surface area contributed by atoms with Crippen molar-refractivity contribution in [1.82, 2.24) is 15.0 Å². The van der Waals surface area contributed by atoms with Gasteiger partial charge in [-0.3, -0.25) is 0 Å². The number of nitrogens with two attached hydrogens (primary N) is 1. The number of nitrogens with zero attached hydrogens (tertiary/aromatic N) is 5. The molecule has 1 aliphatic carbocycles. The summed E-state index contributed by atoms with van der Waals surface area (Å²) in [6, 6.07) is 5.28. The van der Waals surface area contributed by atoms with Crippen LogP contribution in [0.25, 0.3) is 11.4 Å². The quantitative estimate of drug-likeness (QED) is 0.754. The molecule has 28 heavy (non-hydrogen) atoms. The van der Waals surface area contributed by atoms with Crippen LogP contribution >= 0.6 is 11.6 Å². The monoisotopic (exact) mass is 422 g/mol. The minimum atomic E-state index is -2.34. The van der Waals surface area contributed by atoms with Gasteiger partial charge in [0.2, 0.25) is 0 Å². The topological polar surface area (TPSA) is 107 Å². The Morgan fingerprint density at radius 1 is 1.29 bits per heavy atom. The largest absolute Gasteiger partial charge is 0.384 e. The van der Waals surface area contributed by atoms with Gasteiger partial charge < -0.3 is 15.4 Å². The van der Waals surface area contributed by atoms with Crippen LogP contribution in [0, 0.1) is 0 Å². The van der Waals surface area contributed by atoms with E-state index >= 15 is 0 Å². The highest BCUT2D eigenvalue weighted by Crippen LogP contribution is 2.33. The Balaban J connectivity index is 1.84. The zero-order valence-corrected chi connectivity index (χ0v) is 17.4. The van der Waals surface area contributed by atoms with Crippen molar-refractivity contribution in [3.63, 3.8) is 0 Å². The number of morpholine rings is 1. The van der Waals surface area contributed by atoms with Gasteiger partial charge >= 0.3 is 0 Å². The zero-order valence-electron chi connectivity index (χ0n) is 15.8. The molecule has 1 saturated heterocycles. The van der Waals surface area contributed by atoms with Gasteiger partial charge in [0.05, 0.1) is 29.0 Å². The van der Waals surface area contributed by atoms with Crippen LogP contribution in [0.5, 0.6) is 0 Å². The number of anilines is 2. The molecule has 2 aliphatic rings. The fourth-order valence-electron chi connectivity index (χ4n) is 3.22. The van der Waals surface area contributed by atoms with Crippen LogP contribution < -0.4 is 10.6 Å². The molecule has 2 N–H and O–H groups in total. The first kappa shape index (κ1) is 19.4. The van der Waals surface area contributed by atoms with E-state index in [-0.39, 0.29) is 22.3 Å². The molecule has 0 bridgehead atoms. The summed E-state index contributed by atoms with van der Waals surface area (Å²) in [5, 5.41) is 0.405. The van der Waals surface area contributed by atoms with Gasteiger partial charge in [-0.25, -0.2) is 19.2 Å². The van der Waals surface area contributed by atoms with Crippen LogP contribution in [0.1, 0.15) is 19.8 Å². The molecule has 0 amide bonds. The molecule has 3 heterocycles. The van der Waals surface area contributed by atoms with Crippen molar-refractivity contribution in [3.8, 4) is 11.4 Å². The summed E-state index contributed by atoms with van der Waals surface area (Å²) in [7, 11) is -2.34. The Labute approximate surface area is 169 Å². The molecular formula is C18H23ClN6O2S. The summed E-state index contributed by atoms with van der Waals surface area (Å²) < 4.78 is 23.0. The van der Waals surface area contributed by atoms with Gasteiger partial charge in [-0.15, -0.1) is 0 Å². The normalized spacial score (nSPS) is 22.0. The van der Waals surface area contributed by atoms with Gasteiger partial charge in [-0.05, 0) is 31.9 Å². The van der Waals surface area contributed by atoms with Crippen LogP contribution in [-0.4, -0.2) is 56.5 Å². The minimum absolute atomic E-state index is 0.141. The molecule has 2 fully saturated rings. The van der Waals surface area contributed by atoms with Crippen molar-refractivity contribution >= 4 is 38.8 Å². The van der Waals surface area contributed by atoms with E-state index in [1.807, 2.05) is 0 Å². The van der Waals surface area contributed by atoms with Crippen LogP contribution in [0.3, 0.4) is 0 Å². The molecule has 8 nitrogen and oxygen atoms in total. The van der Waals surface area contributed by atoms with Gasteiger partial charge in [0.15, 0.2) is 11.6 Å². The van der Waals surface area contributed by atoms with Gasteiger partial charge in [-0.2, -0.15) is 4.36 Å². The number of aromatic nitrogens is 3. The number of rotatable bonds is 4. The summed E-state index contributed by atoms with van der Waals surface area (Å²) in [4.78, 5) is 15.4. The Morgan fingerprint density at radius 3 is 2.75 bits per heavy atom. The van der Waals surface area contributed by atoms with Crippen molar-refractivity contribution in [2.75, 3.05) is 36.6 Å². The van der Waals surface area contributed by atoms with E-state index in [0.717, 1.165) is 18.7 Å². The number of nitrogen functional groups attached to an aromatic ring is 1. The van der Waals surface area contributed by atoms with Crippen LogP contribution in [0.15, 0.2) is 22.6 Å². The molecule has 2 aromatic heterocycles. The lowest BCUT2D eigenvalue weighted by molar-refractivity contribution is 0.0985. The third kappa shape index (κ3) is 4.21. The molecule has 1 unspecified atom stereocenters. The lowest BCUT2D eigenvalue weighted by atomic mass is 10.2. The average molecular weight is 423 g/mol.